The quantitative estimate of drug-likeness (QED) is 0.325. The number of hydrogen-bond donors (Lipinski definition) is 2. The highest BCUT2D eigenvalue weighted by atomic mass is 32.1. The highest BCUT2D eigenvalue weighted by Crippen LogP contribution is 2.27. The number of rotatable bonds is 6. The zero-order valence-corrected chi connectivity index (χ0v) is 18.2. The number of nitrogens with zero attached hydrogens (tertiary/aromatic N) is 1. The molecule has 4 rings (SSSR count). The number of aromatic carboxylic acids is 1. The Bertz CT molecular complexity index is 1280. The lowest BCUT2D eigenvalue weighted by Crippen LogP contribution is -2.54. The maximum atomic E-state index is 13.1. The first-order valence-corrected chi connectivity index (χ1v) is 10.4. The van der Waals surface area contributed by atoms with Gasteiger partial charge in [-0.2, -0.15) is 0 Å². The SMILES string of the molecule is CCOc1ccc(N2C(=O)/C(=C\c3ccc(-c4ccc(C(=O)O)cc4)o3)C(=O)NC2=S)cc1. The molecule has 1 aliphatic rings. The van der Waals surface area contributed by atoms with Crippen molar-refractivity contribution in [3.05, 3.63) is 77.6 Å². The van der Waals surface area contributed by atoms with E-state index < -0.39 is 17.8 Å². The van der Waals surface area contributed by atoms with Crippen molar-refractivity contribution in [1.29, 1.82) is 0 Å². The van der Waals surface area contributed by atoms with Gasteiger partial charge in [-0.15, -0.1) is 0 Å². The van der Waals surface area contributed by atoms with Crippen molar-refractivity contribution in [3.8, 4) is 17.1 Å². The highest BCUT2D eigenvalue weighted by molar-refractivity contribution is 7.80. The molecule has 2 amide bonds. The van der Waals surface area contributed by atoms with E-state index in [0.29, 0.717) is 29.4 Å². The largest absolute Gasteiger partial charge is 0.494 e. The van der Waals surface area contributed by atoms with E-state index in [1.54, 1.807) is 48.5 Å². The summed E-state index contributed by atoms with van der Waals surface area (Å²) >= 11 is 5.21. The van der Waals surface area contributed by atoms with Crippen LogP contribution in [0.4, 0.5) is 5.69 Å². The van der Waals surface area contributed by atoms with E-state index in [4.69, 9.17) is 26.5 Å². The number of furan rings is 1. The molecule has 0 atom stereocenters. The fourth-order valence-electron chi connectivity index (χ4n) is 3.25. The fourth-order valence-corrected chi connectivity index (χ4v) is 3.54. The summed E-state index contributed by atoms with van der Waals surface area (Å²) in [5.41, 5.74) is 1.15. The first kappa shape index (κ1) is 22.0. The van der Waals surface area contributed by atoms with Crippen molar-refractivity contribution in [1.82, 2.24) is 5.32 Å². The topological polar surface area (TPSA) is 109 Å². The maximum Gasteiger partial charge on any atom is 0.335 e. The molecule has 2 N–H and O–H groups in total. The van der Waals surface area contributed by atoms with E-state index in [1.807, 2.05) is 6.92 Å². The monoisotopic (exact) mass is 462 g/mol. The number of carbonyl (C=O) groups is 3. The molecule has 2 aromatic carbocycles. The molecule has 1 aromatic heterocycles. The Morgan fingerprint density at radius 3 is 2.42 bits per heavy atom. The minimum absolute atomic E-state index is 0.0232. The summed E-state index contributed by atoms with van der Waals surface area (Å²) in [6, 6.07) is 16.2. The summed E-state index contributed by atoms with van der Waals surface area (Å²) in [4.78, 5) is 37.8. The highest BCUT2D eigenvalue weighted by Gasteiger charge is 2.34. The second-order valence-corrected chi connectivity index (χ2v) is 7.36. The molecule has 9 heteroatoms. The summed E-state index contributed by atoms with van der Waals surface area (Å²) in [6.07, 6.45) is 1.34. The standard InChI is InChI=1S/C24H18N2O6S/c1-2-31-17-9-7-16(8-10-17)26-22(28)19(21(27)25-24(26)33)13-18-11-12-20(32-18)14-3-5-15(6-4-14)23(29)30/h3-13H,2H2,1H3,(H,29,30)(H,25,27,33)/b19-13-. The average Bonchev–Trinajstić information content (AvgIpc) is 3.27. The van der Waals surface area contributed by atoms with Gasteiger partial charge in [-0.1, -0.05) is 12.1 Å². The number of nitrogens with one attached hydrogen (secondary N) is 1. The lowest BCUT2D eigenvalue weighted by molar-refractivity contribution is -0.122. The Hall–Kier alpha value is -4.24. The summed E-state index contributed by atoms with van der Waals surface area (Å²) in [7, 11) is 0. The van der Waals surface area contributed by atoms with Crippen molar-refractivity contribution in [2.75, 3.05) is 11.5 Å². The number of anilines is 1. The third kappa shape index (κ3) is 4.53. The van der Waals surface area contributed by atoms with Gasteiger partial charge in [0.25, 0.3) is 11.8 Å². The van der Waals surface area contributed by atoms with Crippen LogP contribution in [0.3, 0.4) is 0 Å². The molecule has 1 saturated heterocycles. The van der Waals surface area contributed by atoms with Crippen molar-refractivity contribution < 1.29 is 28.6 Å². The van der Waals surface area contributed by atoms with Crippen LogP contribution in [0, 0.1) is 0 Å². The van der Waals surface area contributed by atoms with Crippen LogP contribution in [0.2, 0.25) is 0 Å². The molecule has 0 unspecified atom stereocenters. The second kappa shape index (κ2) is 9.09. The minimum atomic E-state index is -1.02. The van der Waals surface area contributed by atoms with Gasteiger partial charge in [-0.25, -0.2) is 4.79 Å². The van der Waals surface area contributed by atoms with Gasteiger partial charge < -0.3 is 14.3 Å². The molecule has 8 nitrogen and oxygen atoms in total. The van der Waals surface area contributed by atoms with Crippen LogP contribution < -0.4 is 15.0 Å². The number of ether oxygens (including phenoxy) is 1. The van der Waals surface area contributed by atoms with Crippen LogP contribution in [0.25, 0.3) is 17.4 Å². The zero-order valence-electron chi connectivity index (χ0n) is 17.4. The predicted octanol–water partition coefficient (Wildman–Crippen LogP) is 3.87. The predicted molar refractivity (Wildman–Crippen MR) is 125 cm³/mol. The summed E-state index contributed by atoms with van der Waals surface area (Å²) in [6.45, 7) is 2.38. The lowest BCUT2D eigenvalue weighted by atomic mass is 10.1. The molecular formula is C24H18N2O6S. The second-order valence-electron chi connectivity index (χ2n) is 6.97. The van der Waals surface area contributed by atoms with Gasteiger partial charge in [0.05, 0.1) is 17.9 Å². The van der Waals surface area contributed by atoms with Crippen LogP contribution in [-0.2, 0) is 9.59 Å². The molecule has 0 bridgehead atoms. The van der Waals surface area contributed by atoms with Crippen LogP contribution >= 0.6 is 12.2 Å². The van der Waals surface area contributed by atoms with Crippen molar-refractivity contribution in [2.24, 2.45) is 0 Å². The number of hydrogen-bond acceptors (Lipinski definition) is 6. The third-order valence-corrected chi connectivity index (χ3v) is 5.12. The number of carboxylic acids is 1. The van der Waals surface area contributed by atoms with E-state index in [0.717, 1.165) is 0 Å². The molecule has 166 valence electrons. The first-order valence-electron chi connectivity index (χ1n) is 9.95. The van der Waals surface area contributed by atoms with Gasteiger partial charge in [0.15, 0.2) is 5.11 Å². The summed E-state index contributed by atoms with van der Waals surface area (Å²) < 4.78 is 11.2. The minimum Gasteiger partial charge on any atom is -0.494 e. The van der Waals surface area contributed by atoms with Gasteiger partial charge in [-0.3, -0.25) is 19.8 Å². The van der Waals surface area contributed by atoms with Gasteiger partial charge >= 0.3 is 5.97 Å². The Balaban J connectivity index is 1.60. The van der Waals surface area contributed by atoms with E-state index in [1.165, 1.54) is 23.1 Å². The number of amides is 2. The Morgan fingerprint density at radius 2 is 1.79 bits per heavy atom. The molecule has 0 radical (unpaired) electrons. The Labute approximate surface area is 194 Å². The lowest BCUT2D eigenvalue weighted by Gasteiger charge is -2.28. The fraction of sp³-hybridized carbons (Fsp3) is 0.0833. The molecule has 0 saturated carbocycles. The van der Waals surface area contributed by atoms with Gasteiger partial charge in [-0.05, 0) is 73.7 Å². The summed E-state index contributed by atoms with van der Waals surface area (Å²) in [5.74, 6) is -0.849. The number of carbonyl (C=O) groups excluding carboxylic acids is 2. The Kier molecular flexibility index (Phi) is 6.05. The third-order valence-electron chi connectivity index (χ3n) is 4.84. The molecule has 0 spiro atoms. The van der Waals surface area contributed by atoms with E-state index >= 15 is 0 Å². The smallest absolute Gasteiger partial charge is 0.335 e. The molecule has 0 aliphatic carbocycles. The van der Waals surface area contributed by atoms with Gasteiger partial charge in [0, 0.05) is 5.56 Å². The van der Waals surface area contributed by atoms with Crippen LogP contribution in [0.1, 0.15) is 23.0 Å². The maximum absolute atomic E-state index is 13.1. The van der Waals surface area contributed by atoms with Crippen LogP contribution in [0.15, 0.2) is 70.7 Å². The molecule has 1 aliphatic heterocycles. The average molecular weight is 462 g/mol. The summed E-state index contributed by atoms with van der Waals surface area (Å²) in [5, 5.41) is 11.5. The molecule has 33 heavy (non-hydrogen) atoms. The normalized spacial score (nSPS) is 15.0. The van der Waals surface area contributed by atoms with Crippen molar-refractivity contribution in [3.63, 3.8) is 0 Å². The number of benzene rings is 2. The van der Waals surface area contributed by atoms with E-state index in [9.17, 15) is 14.4 Å². The van der Waals surface area contributed by atoms with Crippen LogP contribution in [0.5, 0.6) is 5.75 Å². The molecule has 1 fully saturated rings. The van der Waals surface area contributed by atoms with Crippen LogP contribution in [-0.4, -0.2) is 34.6 Å². The van der Waals surface area contributed by atoms with Crippen molar-refractivity contribution >= 4 is 46.9 Å². The molecule has 3 aromatic rings. The molecule has 2 heterocycles. The van der Waals surface area contributed by atoms with E-state index in [2.05, 4.69) is 5.32 Å². The first-order chi connectivity index (χ1) is 15.9. The van der Waals surface area contributed by atoms with Gasteiger partial charge in [0.1, 0.15) is 22.8 Å². The number of thiocarbonyl (C=S) groups is 1. The van der Waals surface area contributed by atoms with Crippen molar-refractivity contribution in [2.45, 2.75) is 6.92 Å². The number of carboxylic acid groups (broad SMARTS) is 1. The molecular weight excluding hydrogens is 444 g/mol. The zero-order chi connectivity index (χ0) is 23.5. The van der Waals surface area contributed by atoms with Gasteiger partial charge in [0.2, 0.25) is 0 Å². The Morgan fingerprint density at radius 1 is 1.09 bits per heavy atom. The van der Waals surface area contributed by atoms with E-state index in [-0.39, 0.29) is 22.0 Å².